The lowest BCUT2D eigenvalue weighted by molar-refractivity contribution is -0.139. The van der Waals surface area contributed by atoms with Gasteiger partial charge in [-0.25, -0.2) is 19.2 Å². The highest BCUT2D eigenvalue weighted by Crippen LogP contribution is 2.30. The first-order chi connectivity index (χ1) is 12.0. The Labute approximate surface area is 146 Å². The molecule has 0 spiro atoms. The third-order valence-corrected chi connectivity index (χ3v) is 4.71. The Morgan fingerprint density at radius 1 is 1.28 bits per heavy atom. The predicted molar refractivity (Wildman–Crippen MR) is 94.2 cm³/mol. The highest BCUT2D eigenvalue weighted by molar-refractivity contribution is 5.78. The van der Waals surface area contributed by atoms with Crippen LogP contribution in [0.1, 0.15) is 37.4 Å². The Balaban J connectivity index is 2.10. The van der Waals surface area contributed by atoms with Crippen LogP contribution in [0, 0.1) is 12.7 Å². The lowest BCUT2D eigenvalue weighted by Crippen LogP contribution is -2.45. The normalized spacial score (nSPS) is 17.6. The van der Waals surface area contributed by atoms with E-state index in [0.717, 1.165) is 36.1 Å². The second-order valence-electron chi connectivity index (χ2n) is 6.34. The maximum Gasteiger partial charge on any atom is 0.326 e. The third-order valence-electron chi connectivity index (χ3n) is 4.71. The Bertz CT molecular complexity index is 777. The molecule has 1 aromatic heterocycles. The summed E-state index contributed by atoms with van der Waals surface area (Å²) < 4.78 is 13.2. The molecule has 3 rings (SSSR count). The van der Waals surface area contributed by atoms with Gasteiger partial charge >= 0.3 is 5.97 Å². The number of piperidine rings is 1. The largest absolute Gasteiger partial charge is 0.480 e. The molecule has 1 saturated heterocycles. The Hall–Kier alpha value is -2.50. The van der Waals surface area contributed by atoms with Gasteiger partial charge in [0.2, 0.25) is 0 Å². The molecule has 132 valence electrons. The fourth-order valence-electron chi connectivity index (χ4n) is 3.40. The van der Waals surface area contributed by atoms with Gasteiger partial charge in [0.05, 0.1) is 0 Å². The average molecular weight is 343 g/mol. The minimum absolute atomic E-state index is 0.312. The van der Waals surface area contributed by atoms with Crippen LogP contribution in [0.15, 0.2) is 24.3 Å². The van der Waals surface area contributed by atoms with Crippen LogP contribution in [0.4, 0.5) is 10.2 Å². The van der Waals surface area contributed by atoms with Crippen LogP contribution in [0.25, 0.3) is 11.4 Å². The minimum atomic E-state index is -0.818. The van der Waals surface area contributed by atoms with Crippen LogP contribution in [-0.4, -0.2) is 33.6 Å². The number of aliphatic carboxylic acids is 1. The van der Waals surface area contributed by atoms with Crippen LogP contribution in [-0.2, 0) is 11.2 Å². The first-order valence-corrected chi connectivity index (χ1v) is 8.64. The summed E-state index contributed by atoms with van der Waals surface area (Å²) >= 11 is 0. The molecule has 25 heavy (non-hydrogen) atoms. The summed E-state index contributed by atoms with van der Waals surface area (Å²) in [6.45, 7) is 4.60. The molecule has 2 heterocycles. The zero-order valence-corrected chi connectivity index (χ0v) is 14.5. The van der Waals surface area contributed by atoms with Gasteiger partial charge in [0, 0.05) is 23.4 Å². The number of carbonyl (C=O) groups is 1. The number of aryl methyl sites for hydroxylation is 1. The van der Waals surface area contributed by atoms with Crippen molar-refractivity contribution < 1.29 is 14.3 Å². The summed E-state index contributed by atoms with van der Waals surface area (Å²) in [5, 5.41) is 9.59. The summed E-state index contributed by atoms with van der Waals surface area (Å²) in [4.78, 5) is 22.8. The SMILES string of the molecule is CCc1c(C)nc(-c2ccc(F)cc2)nc1N1CCCCC1C(=O)O. The lowest BCUT2D eigenvalue weighted by Gasteiger charge is -2.35. The molecule has 1 unspecified atom stereocenters. The summed E-state index contributed by atoms with van der Waals surface area (Å²) in [6.07, 6.45) is 3.20. The van der Waals surface area contributed by atoms with Crippen LogP contribution in [0.2, 0.25) is 0 Å². The molecule has 0 aliphatic carbocycles. The number of halogens is 1. The molecule has 1 N–H and O–H groups in total. The van der Waals surface area contributed by atoms with Crippen molar-refractivity contribution in [1.29, 1.82) is 0 Å². The molecule has 0 radical (unpaired) electrons. The first kappa shape index (κ1) is 17.3. The summed E-state index contributed by atoms with van der Waals surface area (Å²) in [7, 11) is 0. The van der Waals surface area contributed by atoms with Gasteiger partial charge in [-0.05, 0) is 56.9 Å². The van der Waals surface area contributed by atoms with Gasteiger partial charge in [0.15, 0.2) is 5.82 Å². The van der Waals surface area contributed by atoms with Crippen molar-refractivity contribution in [3.8, 4) is 11.4 Å². The van der Waals surface area contributed by atoms with E-state index in [2.05, 4.69) is 9.97 Å². The Morgan fingerprint density at radius 3 is 2.64 bits per heavy atom. The van der Waals surface area contributed by atoms with E-state index in [4.69, 9.17) is 0 Å². The zero-order chi connectivity index (χ0) is 18.0. The van der Waals surface area contributed by atoms with Crippen molar-refractivity contribution >= 4 is 11.8 Å². The number of carboxylic acids is 1. The van der Waals surface area contributed by atoms with E-state index in [1.54, 1.807) is 12.1 Å². The lowest BCUT2D eigenvalue weighted by atomic mass is 10.0. The fraction of sp³-hybridized carbons (Fsp3) is 0.421. The second-order valence-corrected chi connectivity index (χ2v) is 6.34. The van der Waals surface area contributed by atoms with E-state index in [9.17, 15) is 14.3 Å². The summed E-state index contributed by atoms with van der Waals surface area (Å²) in [5.74, 6) is 0.0648. The molecule has 2 aromatic rings. The van der Waals surface area contributed by atoms with Crippen LogP contribution in [0.5, 0.6) is 0 Å². The van der Waals surface area contributed by atoms with E-state index >= 15 is 0 Å². The quantitative estimate of drug-likeness (QED) is 0.919. The van der Waals surface area contributed by atoms with Gasteiger partial charge < -0.3 is 10.0 Å². The summed E-state index contributed by atoms with van der Waals surface area (Å²) in [5.41, 5.74) is 2.53. The van der Waals surface area contributed by atoms with Gasteiger partial charge in [-0.15, -0.1) is 0 Å². The van der Waals surface area contributed by atoms with Gasteiger partial charge in [0.25, 0.3) is 0 Å². The van der Waals surface area contributed by atoms with E-state index in [1.807, 2.05) is 18.7 Å². The number of nitrogens with zero attached hydrogens (tertiary/aromatic N) is 3. The van der Waals surface area contributed by atoms with Crippen molar-refractivity contribution in [3.63, 3.8) is 0 Å². The summed E-state index contributed by atoms with van der Waals surface area (Å²) in [6, 6.07) is 5.48. The monoisotopic (exact) mass is 343 g/mol. The van der Waals surface area contributed by atoms with Gasteiger partial charge in [-0.1, -0.05) is 6.92 Å². The van der Waals surface area contributed by atoms with E-state index in [1.165, 1.54) is 12.1 Å². The van der Waals surface area contributed by atoms with E-state index in [-0.39, 0.29) is 5.82 Å². The topological polar surface area (TPSA) is 66.3 Å². The van der Waals surface area contributed by atoms with Crippen molar-refractivity contribution in [1.82, 2.24) is 9.97 Å². The smallest absolute Gasteiger partial charge is 0.326 e. The molecular weight excluding hydrogens is 321 g/mol. The molecule has 1 aromatic carbocycles. The van der Waals surface area contributed by atoms with Crippen molar-refractivity contribution in [2.75, 3.05) is 11.4 Å². The number of aromatic nitrogens is 2. The van der Waals surface area contributed by atoms with Gasteiger partial charge in [0.1, 0.15) is 17.7 Å². The molecule has 1 fully saturated rings. The van der Waals surface area contributed by atoms with Crippen molar-refractivity contribution in [2.24, 2.45) is 0 Å². The first-order valence-electron chi connectivity index (χ1n) is 8.64. The number of benzene rings is 1. The number of rotatable bonds is 4. The van der Waals surface area contributed by atoms with Crippen molar-refractivity contribution in [2.45, 2.75) is 45.6 Å². The molecule has 6 heteroatoms. The van der Waals surface area contributed by atoms with Crippen molar-refractivity contribution in [3.05, 3.63) is 41.3 Å². The fourth-order valence-corrected chi connectivity index (χ4v) is 3.40. The standard InChI is InChI=1S/C19H22FN3O2/c1-3-15-12(2)21-17(13-7-9-14(20)10-8-13)22-18(15)23-11-5-4-6-16(23)19(24)25/h7-10,16H,3-6,11H2,1-2H3,(H,24,25). The number of anilines is 1. The molecule has 1 atom stereocenters. The minimum Gasteiger partial charge on any atom is -0.480 e. The molecule has 0 amide bonds. The van der Waals surface area contributed by atoms with Gasteiger partial charge in [-0.2, -0.15) is 0 Å². The van der Waals surface area contributed by atoms with E-state index < -0.39 is 12.0 Å². The molecule has 0 saturated carbocycles. The molecule has 1 aliphatic rings. The number of carboxylic acid groups (broad SMARTS) is 1. The predicted octanol–water partition coefficient (Wildman–Crippen LogP) is 3.60. The second kappa shape index (κ2) is 7.17. The highest BCUT2D eigenvalue weighted by Gasteiger charge is 2.31. The average Bonchev–Trinajstić information content (AvgIpc) is 2.61. The van der Waals surface area contributed by atoms with Crippen LogP contribution in [0.3, 0.4) is 0 Å². The van der Waals surface area contributed by atoms with Crippen LogP contribution >= 0.6 is 0 Å². The maximum absolute atomic E-state index is 13.2. The zero-order valence-electron chi connectivity index (χ0n) is 14.5. The van der Waals surface area contributed by atoms with Crippen LogP contribution < -0.4 is 4.90 Å². The van der Waals surface area contributed by atoms with Gasteiger partial charge in [-0.3, -0.25) is 0 Å². The molecule has 1 aliphatic heterocycles. The Kier molecular flexibility index (Phi) is 4.97. The molecular formula is C19H22FN3O2. The molecule has 5 nitrogen and oxygen atoms in total. The number of hydrogen-bond acceptors (Lipinski definition) is 4. The highest BCUT2D eigenvalue weighted by atomic mass is 19.1. The maximum atomic E-state index is 13.2. The number of hydrogen-bond donors (Lipinski definition) is 1. The third kappa shape index (κ3) is 3.48. The Morgan fingerprint density at radius 2 is 2.00 bits per heavy atom. The van der Waals surface area contributed by atoms with E-state index in [0.29, 0.717) is 24.6 Å². The molecule has 0 bridgehead atoms.